The van der Waals surface area contributed by atoms with Gasteiger partial charge in [0.25, 0.3) is 0 Å². The maximum absolute atomic E-state index is 9.80. The molecule has 0 aliphatic rings. The standard InChI is InChI=1S/C38H24N2/c39-25-27-9-11-30(12-10-27)32-15-19-34(20-16-32)37-21-28(26-40)22-38(24-37)36-8-4-7-35(23-36)33-17-13-31(14-18-33)29-5-2-1-3-6-29/h1-24H. The molecule has 0 unspecified atom stereocenters. The maximum Gasteiger partial charge on any atom is 0.0992 e. The summed E-state index contributed by atoms with van der Waals surface area (Å²) < 4.78 is 0. The van der Waals surface area contributed by atoms with Crippen LogP contribution in [0, 0.1) is 22.7 Å². The minimum Gasteiger partial charge on any atom is -0.192 e. The van der Waals surface area contributed by atoms with Crippen molar-refractivity contribution in [2.24, 2.45) is 0 Å². The predicted octanol–water partition coefficient (Wildman–Crippen LogP) is 9.76. The van der Waals surface area contributed by atoms with Crippen molar-refractivity contribution >= 4 is 0 Å². The van der Waals surface area contributed by atoms with E-state index < -0.39 is 0 Å². The van der Waals surface area contributed by atoms with Crippen LogP contribution in [-0.2, 0) is 0 Å². The molecule has 0 atom stereocenters. The molecule has 0 N–H and O–H groups in total. The van der Waals surface area contributed by atoms with Crippen molar-refractivity contribution in [3.63, 3.8) is 0 Å². The van der Waals surface area contributed by atoms with E-state index >= 15 is 0 Å². The highest BCUT2D eigenvalue weighted by molar-refractivity contribution is 5.80. The largest absolute Gasteiger partial charge is 0.192 e. The van der Waals surface area contributed by atoms with Crippen LogP contribution in [0.1, 0.15) is 11.1 Å². The molecule has 0 aliphatic heterocycles. The van der Waals surface area contributed by atoms with Gasteiger partial charge in [-0.2, -0.15) is 10.5 Å². The van der Waals surface area contributed by atoms with Crippen LogP contribution < -0.4 is 0 Å². The molecular weight excluding hydrogens is 484 g/mol. The molecule has 6 rings (SSSR count). The summed E-state index contributed by atoms with van der Waals surface area (Å²) in [5, 5.41) is 18.9. The van der Waals surface area contributed by atoms with Crippen molar-refractivity contribution in [2.75, 3.05) is 0 Å². The van der Waals surface area contributed by atoms with Gasteiger partial charge in [0, 0.05) is 0 Å². The van der Waals surface area contributed by atoms with Crippen molar-refractivity contribution in [2.45, 2.75) is 0 Å². The average Bonchev–Trinajstić information content (AvgIpc) is 3.05. The zero-order chi connectivity index (χ0) is 27.3. The lowest BCUT2D eigenvalue weighted by molar-refractivity contribution is 1.47. The molecule has 0 radical (unpaired) electrons. The molecule has 0 heterocycles. The molecule has 2 nitrogen and oxygen atoms in total. The van der Waals surface area contributed by atoms with Gasteiger partial charge in [-0.25, -0.2) is 0 Å². The summed E-state index contributed by atoms with van der Waals surface area (Å²) in [5.41, 5.74) is 12.2. The second kappa shape index (κ2) is 11.0. The Morgan fingerprint density at radius 2 is 0.625 bits per heavy atom. The van der Waals surface area contributed by atoms with E-state index in [-0.39, 0.29) is 0 Å². The first-order valence-corrected chi connectivity index (χ1v) is 13.1. The highest BCUT2D eigenvalue weighted by Crippen LogP contribution is 2.33. The second-order valence-corrected chi connectivity index (χ2v) is 9.70. The molecule has 0 saturated heterocycles. The Labute approximate surface area is 234 Å². The molecule has 186 valence electrons. The van der Waals surface area contributed by atoms with Gasteiger partial charge in [-0.3, -0.25) is 0 Å². The van der Waals surface area contributed by atoms with Crippen LogP contribution in [0.5, 0.6) is 0 Å². The van der Waals surface area contributed by atoms with Gasteiger partial charge < -0.3 is 0 Å². The summed E-state index contributed by atoms with van der Waals surface area (Å²) in [6.07, 6.45) is 0. The van der Waals surface area contributed by atoms with Gasteiger partial charge in [0.2, 0.25) is 0 Å². The molecule has 6 aromatic carbocycles. The van der Waals surface area contributed by atoms with E-state index in [0.717, 1.165) is 44.5 Å². The topological polar surface area (TPSA) is 47.6 Å². The first-order chi connectivity index (χ1) is 19.7. The summed E-state index contributed by atoms with van der Waals surface area (Å²) in [4.78, 5) is 0. The Morgan fingerprint density at radius 3 is 1.15 bits per heavy atom. The maximum atomic E-state index is 9.80. The third-order valence-corrected chi connectivity index (χ3v) is 7.15. The lowest BCUT2D eigenvalue weighted by Gasteiger charge is -2.11. The van der Waals surface area contributed by atoms with Crippen LogP contribution in [0.3, 0.4) is 0 Å². The van der Waals surface area contributed by atoms with Crippen LogP contribution in [0.4, 0.5) is 0 Å². The molecule has 0 bridgehead atoms. The lowest BCUT2D eigenvalue weighted by atomic mass is 9.93. The summed E-state index contributed by atoms with van der Waals surface area (Å²) in [5.74, 6) is 0. The fraction of sp³-hybridized carbons (Fsp3) is 0. The van der Waals surface area contributed by atoms with Crippen molar-refractivity contribution in [1.82, 2.24) is 0 Å². The fourth-order valence-electron chi connectivity index (χ4n) is 4.98. The van der Waals surface area contributed by atoms with E-state index in [1.807, 2.05) is 42.5 Å². The number of benzene rings is 6. The van der Waals surface area contributed by atoms with Crippen LogP contribution >= 0.6 is 0 Å². The lowest BCUT2D eigenvalue weighted by Crippen LogP contribution is -1.87. The smallest absolute Gasteiger partial charge is 0.0992 e. The Kier molecular flexibility index (Phi) is 6.75. The number of hydrogen-bond acceptors (Lipinski definition) is 2. The molecule has 2 heteroatoms. The van der Waals surface area contributed by atoms with Gasteiger partial charge in [-0.1, -0.05) is 109 Å². The monoisotopic (exact) mass is 508 g/mol. The molecule has 0 saturated carbocycles. The van der Waals surface area contributed by atoms with Crippen molar-refractivity contribution < 1.29 is 0 Å². The Bertz CT molecular complexity index is 1870. The van der Waals surface area contributed by atoms with Gasteiger partial charge in [0.05, 0.1) is 23.3 Å². The third kappa shape index (κ3) is 5.16. The number of nitriles is 2. The SMILES string of the molecule is N#Cc1ccc(-c2ccc(-c3cc(C#N)cc(-c4cccc(-c5ccc(-c6ccccc6)cc5)c4)c3)cc2)cc1. The summed E-state index contributed by atoms with van der Waals surface area (Å²) >= 11 is 0. The van der Waals surface area contributed by atoms with E-state index in [1.165, 1.54) is 11.1 Å². The molecule has 0 aliphatic carbocycles. The third-order valence-electron chi connectivity index (χ3n) is 7.15. The van der Waals surface area contributed by atoms with Crippen molar-refractivity contribution in [3.05, 3.63) is 157 Å². The molecule has 0 aromatic heterocycles. The number of hydrogen-bond donors (Lipinski definition) is 0. The normalized spacial score (nSPS) is 10.4. The first kappa shape index (κ1) is 24.6. The highest BCUT2D eigenvalue weighted by atomic mass is 14.2. The Morgan fingerprint density at radius 1 is 0.275 bits per heavy atom. The van der Waals surface area contributed by atoms with Crippen molar-refractivity contribution in [1.29, 1.82) is 10.5 Å². The highest BCUT2D eigenvalue weighted by Gasteiger charge is 2.08. The van der Waals surface area contributed by atoms with Crippen LogP contribution in [0.25, 0.3) is 55.6 Å². The van der Waals surface area contributed by atoms with E-state index in [1.54, 1.807) is 0 Å². The van der Waals surface area contributed by atoms with Crippen molar-refractivity contribution in [3.8, 4) is 67.8 Å². The van der Waals surface area contributed by atoms with Crippen LogP contribution in [-0.4, -0.2) is 0 Å². The van der Waals surface area contributed by atoms with E-state index in [4.69, 9.17) is 5.26 Å². The zero-order valence-electron chi connectivity index (χ0n) is 21.8. The molecule has 0 amide bonds. The Balaban J connectivity index is 1.30. The van der Waals surface area contributed by atoms with E-state index in [2.05, 4.69) is 115 Å². The fourth-order valence-corrected chi connectivity index (χ4v) is 4.98. The van der Waals surface area contributed by atoms with Gasteiger partial charge in [-0.15, -0.1) is 0 Å². The molecular formula is C38H24N2. The van der Waals surface area contributed by atoms with Gasteiger partial charge >= 0.3 is 0 Å². The van der Waals surface area contributed by atoms with E-state index in [0.29, 0.717) is 11.1 Å². The van der Waals surface area contributed by atoms with E-state index in [9.17, 15) is 5.26 Å². The quantitative estimate of drug-likeness (QED) is 0.233. The molecule has 0 spiro atoms. The molecule has 6 aromatic rings. The second-order valence-electron chi connectivity index (χ2n) is 9.70. The first-order valence-electron chi connectivity index (χ1n) is 13.1. The summed E-state index contributed by atoms with van der Waals surface area (Å²) in [6.45, 7) is 0. The minimum absolute atomic E-state index is 0.626. The Hall–Kier alpha value is -5.70. The van der Waals surface area contributed by atoms with Gasteiger partial charge in [0.1, 0.15) is 0 Å². The van der Waals surface area contributed by atoms with Gasteiger partial charge in [-0.05, 0) is 92.0 Å². The van der Waals surface area contributed by atoms with Crippen LogP contribution in [0.15, 0.2) is 146 Å². The summed E-state index contributed by atoms with van der Waals surface area (Å²) in [7, 11) is 0. The number of rotatable bonds is 5. The zero-order valence-corrected chi connectivity index (χ0v) is 21.8. The predicted molar refractivity (Wildman–Crippen MR) is 163 cm³/mol. The number of nitrogens with zero attached hydrogens (tertiary/aromatic N) is 2. The minimum atomic E-state index is 0.626. The summed E-state index contributed by atoms with van der Waals surface area (Å²) in [6, 6.07) is 53.9. The van der Waals surface area contributed by atoms with Gasteiger partial charge in [0.15, 0.2) is 0 Å². The molecule has 40 heavy (non-hydrogen) atoms. The average molecular weight is 509 g/mol. The molecule has 0 fully saturated rings. The van der Waals surface area contributed by atoms with Crippen LogP contribution in [0.2, 0.25) is 0 Å².